The quantitative estimate of drug-likeness (QED) is 0.221. The molecule has 9 heteroatoms. The van der Waals surface area contributed by atoms with Crippen molar-refractivity contribution < 1.29 is 23.8 Å². The van der Waals surface area contributed by atoms with Crippen LogP contribution in [0.3, 0.4) is 0 Å². The number of hydrogen-bond donors (Lipinski definition) is 0. The highest BCUT2D eigenvalue weighted by atomic mass is 127. The van der Waals surface area contributed by atoms with Gasteiger partial charge in [-0.05, 0) is 71.5 Å². The van der Waals surface area contributed by atoms with Crippen LogP contribution in [0.4, 0.5) is 0 Å². The third kappa shape index (κ3) is 5.09. The second kappa shape index (κ2) is 9.15. The molecule has 150 valence electrons. The first kappa shape index (κ1) is 21.6. The number of benzene rings is 2. The minimum Gasteiger partial charge on any atom is -0.490 e. The summed E-state index contributed by atoms with van der Waals surface area (Å²) in [5.41, 5.74) is 1.13. The molecule has 6 nitrogen and oxygen atoms in total. The summed E-state index contributed by atoms with van der Waals surface area (Å²) in [5, 5.41) is 0.583. The van der Waals surface area contributed by atoms with Crippen molar-refractivity contribution in [1.82, 2.24) is 0 Å². The van der Waals surface area contributed by atoms with Gasteiger partial charge in [0.2, 0.25) is 5.90 Å². The van der Waals surface area contributed by atoms with Gasteiger partial charge in [-0.1, -0.05) is 23.2 Å². The number of ether oxygens (including phenoxy) is 3. The van der Waals surface area contributed by atoms with Crippen molar-refractivity contribution in [3.8, 4) is 11.5 Å². The van der Waals surface area contributed by atoms with Gasteiger partial charge in [0.15, 0.2) is 17.2 Å². The Kier molecular flexibility index (Phi) is 6.81. The fraction of sp³-hybridized carbons (Fsp3) is 0.150. The molecule has 0 bridgehead atoms. The second-order valence-electron chi connectivity index (χ2n) is 5.82. The molecular formula is C20H14Cl2INO5. The number of esters is 2. The van der Waals surface area contributed by atoms with E-state index < -0.39 is 11.9 Å². The predicted molar refractivity (Wildman–Crippen MR) is 119 cm³/mol. The normalized spacial score (nSPS) is 14.6. The standard InChI is InChI=1S/C20H14Cl2INO5/c1-3-27-17-8-11(6-15(22)18(17)28-10(2)25)7-16-20(26)29-19(24-16)13-9-12(23)4-5-14(13)21/h4-9H,3H2,1-2H3/b16-7+. The lowest BCUT2D eigenvalue weighted by Crippen LogP contribution is -2.06. The Labute approximate surface area is 190 Å². The average molecular weight is 546 g/mol. The third-order valence-corrected chi connectivity index (χ3v) is 4.94. The summed E-state index contributed by atoms with van der Waals surface area (Å²) in [6.45, 7) is 3.38. The summed E-state index contributed by atoms with van der Waals surface area (Å²) >= 11 is 14.6. The summed E-state index contributed by atoms with van der Waals surface area (Å²) in [7, 11) is 0. The summed E-state index contributed by atoms with van der Waals surface area (Å²) in [5.74, 6) is -0.627. The summed E-state index contributed by atoms with van der Waals surface area (Å²) in [6, 6.07) is 8.45. The summed E-state index contributed by atoms with van der Waals surface area (Å²) in [6.07, 6.45) is 1.50. The van der Waals surface area contributed by atoms with Crippen LogP contribution in [0.5, 0.6) is 11.5 Å². The maximum absolute atomic E-state index is 12.3. The molecular weight excluding hydrogens is 532 g/mol. The molecule has 0 radical (unpaired) electrons. The summed E-state index contributed by atoms with van der Waals surface area (Å²) in [4.78, 5) is 27.9. The number of carbonyl (C=O) groups excluding carboxylic acids is 2. The first-order valence-electron chi connectivity index (χ1n) is 8.41. The average Bonchev–Trinajstić information content (AvgIpc) is 3.00. The van der Waals surface area contributed by atoms with Gasteiger partial charge in [0, 0.05) is 10.5 Å². The topological polar surface area (TPSA) is 74.2 Å². The minimum absolute atomic E-state index is 0.0775. The van der Waals surface area contributed by atoms with Gasteiger partial charge in [-0.2, -0.15) is 0 Å². The molecule has 1 aliphatic rings. The Hall–Kier alpha value is -2.10. The Morgan fingerprint density at radius 1 is 1.24 bits per heavy atom. The SMILES string of the molecule is CCOc1cc(/C=C2/N=C(c3cc(I)ccc3Cl)OC2=O)cc(Cl)c1OC(C)=O. The highest BCUT2D eigenvalue weighted by molar-refractivity contribution is 14.1. The van der Waals surface area contributed by atoms with E-state index in [1.165, 1.54) is 19.1 Å². The van der Waals surface area contributed by atoms with Crippen LogP contribution in [0.25, 0.3) is 6.08 Å². The molecule has 1 heterocycles. The van der Waals surface area contributed by atoms with Crippen molar-refractivity contribution in [2.24, 2.45) is 4.99 Å². The van der Waals surface area contributed by atoms with Crippen LogP contribution in [0.1, 0.15) is 25.0 Å². The molecule has 0 fully saturated rings. The van der Waals surface area contributed by atoms with Gasteiger partial charge in [0.1, 0.15) is 0 Å². The Morgan fingerprint density at radius 2 is 2.00 bits per heavy atom. The smallest absolute Gasteiger partial charge is 0.363 e. The molecule has 2 aromatic rings. The molecule has 0 aromatic heterocycles. The van der Waals surface area contributed by atoms with E-state index >= 15 is 0 Å². The van der Waals surface area contributed by atoms with Crippen LogP contribution in [0.15, 0.2) is 41.0 Å². The van der Waals surface area contributed by atoms with Crippen molar-refractivity contribution in [1.29, 1.82) is 0 Å². The van der Waals surface area contributed by atoms with Crippen LogP contribution in [-0.2, 0) is 14.3 Å². The molecule has 0 saturated heterocycles. The van der Waals surface area contributed by atoms with E-state index in [-0.39, 0.29) is 28.1 Å². The van der Waals surface area contributed by atoms with E-state index in [1.54, 1.807) is 25.1 Å². The predicted octanol–water partition coefficient (Wildman–Crippen LogP) is 5.27. The Balaban J connectivity index is 2.01. The van der Waals surface area contributed by atoms with E-state index in [4.69, 9.17) is 37.4 Å². The molecule has 0 amide bonds. The minimum atomic E-state index is -0.618. The van der Waals surface area contributed by atoms with Gasteiger partial charge >= 0.3 is 11.9 Å². The number of hydrogen-bond acceptors (Lipinski definition) is 6. The van der Waals surface area contributed by atoms with Crippen molar-refractivity contribution in [3.63, 3.8) is 0 Å². The van der Waals surface area contributed by atoms with Gasteiger partial charge in [0.25, 0.3) is 0 Å². The molecule has 0 aliphatic carbocycles. The fourth-order valence-corrected chi connectivity index (χ4v) is 3.47. The molecule has 0 atom stereocenters. The van der Waals surface area contributed by atoms with Crippen molar-refractivity contribution in [3.05, 3.63) is 60.8 Å². The summed E-state index contributed by atoms with van der Waals surface area (Å²) < 4.78 is 16.8. The lowest BCUT2D eigenvalue weighted by atomic mass is 10.1. The number of rotatable bonds is 5. The van der Waals surface area contributed by atoms with E-state index in [1.807, 2.05) is 6.07 Å². The zero-order valence-corrected chi connectivity index (χ0v) is 19.0. The lowest BCUT2D eigenvalue weighted by molar-refractivity contribution is -0.132. The first-order valence-corrected chi connectivity index (χ1v) is 10.2. The molecule has 1 aliphatic heterocycles. The fourth-order valence-electron chi connectivity index (χ4n) is 2.52. The number of carbonyl (C=O) groups is 2. The largest absolute Gasteiger partial charge is 0.490 e. The molecule has 3 rings (SSSR count). The molecule has 0 N–H and O–H groups in total. The highest BCUT2D eigenvalue weighted by Crippen LogP contribution is 2.38. The van der Waals surface area contributed by atoms with Crippen LogP contribution in [-0.4, -0.2) is 24.4 Å². The number of halogens is 3. The Morgan fingerprint density at radius 3 is 2.69 bits per heavy atom. The van der Waals surface area contributed by atoms with Gasteiger partial charge in [-0.25, -0.2) is 9.79 Å². The van der Waals surface area contributed by atoms with Gasteiger partial charge in [-0.3, -0.25) is 4.79 Å². The first-order chi connectivity index (χ1) is 13.8. The van der Waals surface area contributed by atoms with Gasteiger partial charge < -0.3 is 14.2 Å². The van der Waals surface area contributed by atoms with Crippen LogP contribution in [0, 0.1) is 3.57 Å². The van der Waals surface area contributed by atoms with E-state index in [0.29, 0.717) is 22.8 Å². The molecule has 0 saturated carbocycles. The molecule has 0 spiro atoms. The van der Waals surface area contributed by atoms with Gasteiger partial charge in [0.05, 0.1) is 22.2 Å². The molecule has 29 heavy (non-hydrogen) atoms. The maximum Gasteiger partial charge on any atom is 0.363 e. The maximum atomic E-state index is 12.3. The second-order valence-corrected chi connectivity index (χ2v) is 7.88. The molecule has 0 unspecified atom stereocenters. The number of aliphatic imine (C=N–C) groups is 1. The third-order valence-electron chi connectivity index (χ3n) is 3.66. The van der Waals surface area contributed by atoms with Gasteiger partial charge in [-0.15, -0.1) is 0 Å². The zero-order chi connectivity index (χ0) is 21.1. The van der Waals surface area contributed by atoms with Crippen molar-refractivity contribution >= 4 is 69.7 Å². The lowest BCUT2D eigenvalue weighted by Gasteiger charge is -2.12. The van der Waals surface area contributed by atoms with Crippen molar-refractivity contribution in [2.75, 3.05) is 6.61 Å². The van der Waals surface area contributed by atoms with E-state index in [0.717, 1.165) is 3.57 Å². The van der Waals surface area contributed by atoms with Crippen molar-refractivity contribution in [2.45, 2.75) is 13.8 Å². The zero-order valence-electron chi connectivity index (χ0n) is 15.3. The van der Waals surface area contributed by atoms with E-state index in [9.17, 15) is 9.59 Å². The van der Waals surface area contributed by atoms with Crippen LogP contribution >= 0.6 is 45.8 Å². The highest BCUT2D eigenvalue weighted by Gasteiger charge is 2.26. The van der Waals surface area contributed by atoms with Crippen LogP contribution < -0.4 is 9.47 Å². The number of nitrogens with zero attached hydrogens (tertiary/aromatic N) is 1. The monoisotopic (exact) mass is 545 g/mol. The molecule has 2 aromatic carbocycles. The Bertz CT molecular complexity index is 1070. The van der Waals surface area contributed by atoms with E-state index in [2.05, 4.69) is 27.6 Å². The van der Waals surface area contributed by atoms with Crippen LogP contribution in [0.2, 0.25) is 10.0 Å². The number of cyclic esters (lactones) is 1.